The molecule has 0 fully saturated rings. The Balaban J connectivity index is 2.04. The fourth-order valence-electron chi connectivity index (χ4n) is 2.37. The number of carboxylic acid groups (broad SMARTS) is 2. The predicted octanol–water partition coefficient (Wildman–Crippen LogP) is 1.73. The van der Waals surface area contributed by atoms with Gasteiger partial charge in [-0.05, 0) is 18.6 Å². The van der Waals surface area contributed by atoms with Crippen LogP contribution in [-0.4, -0.2) is 27.4 Å². The van der Waals surface area contributed by atoms with E-state index in [0.717, 1.165) is 5.57 Å². The zero-order valence-corrected chi connectivity index (χ0v) is 12.0. The average Bonchev–Trinajstić information content (AvgIpc) is 2.85. The lowest BCUT2D eigenvalue weighted by molar-refractivity contribution is -0.149. The van der Waals surface area contributed by atoms with Crippen LogP contribution in [0.5, 0.6) is 0 Å². The van der Waals surface area contributed by atoms with E-state index in [1.807, 2.05) is 12.2 Å². The van der Waals surface area contributed by atoms with Crippen molar-refractivity contribution in [2.45, 2.75) is 6.42 Å². The van der Waals surface area contributed by atoms with Crippen LogP contribution in [0.2, 0.25) is 0 Å². The van der Waals surface area contributed by atoms with E-state index < -0.39 is 28.1 Å². The number of amides is 1. The van der Waals surface area contributed by atoms with Gasteiger partial charge in [0, 0.05) is 16.1 Å². The van der Waals surface area contributed by atoms with E-state index in [0.29, 0.717) is 22.7 Å². The number of fused-ring (bicyclic) bond motifs is 2. The zero-order chi connectivity index (χ0) is 15.9. The summed E-state index contributed by atoms with van der Waals surface area (Å²) in [5.74, 6) is -2.30. The molecule has 8 heteroatoms. The summed E-state index contributed by atoms with van der Waals surface area (Å²) in [6, 6.07) is 0. The number of nitrogens with one attached hydrogen (secondary N) is 1. The highest BCUT2D eigenvalue weighted by Crippen LogP contribution is 2.55. The maximum Gasteiger partial charge on any atom is 0.394 e. The smallest absolute Gasteiger partial charge is 0.394 e. The molecule has 0 aromatic heterocycles. The molecule has 3 rings (SSSR count). The molecule has 2 heterocycles. The summed E-state index contributed by atoms with van der Waals surface area (Å²) >= 11 is 0. The van der Waals surface area contributed by atoms with Gasteiger partial charge < -0.3 is 20.3 Å². The Morgan fingerprint density at radius 3 is 2.73 bits per heavy atom. The highest BCUT2D eigenvalue weighted by molar-refractivity contribution is 8.35. The van der Waals surface area contributed by atoms with E-state index in [2.05, 4.69) is 5.32 Å². The Labute approximate surface area is 127 Å². The number of hydrogen-bond acceptors (Lipinski definition) is 4. The molecule has 22 heavy (non-hydrogen) atoms. The van der Waals surface area contributed by atoms with Gasteiger partial charge in [-0.3, -0.25) is 4.79 Å². The highest BCUT2D eigenvalue weighted by atomic mass is 32.2. The first-order valence-electron chi connectivity index (χ1n) is 6.25. The molecule has 0 saturated carbocycles. The van der Waals surface area contributed by atoms with Crippen molar-refractivity contribution in [2.24, 2.45) is 0 Å². The molecule has 3 N–H and O–H groups in total. The number of rotatable bonds is 1. The lowest BCUT2D eigenvalue weighted by Gasteiger charge is -2.23. The normalized spacial score (nSPS) is 23.5. The molecule has 0 spiro atoms. The summed E-state index contributed by atoms with van der Waals surface area (Å²) in [7, 11) is -1.91. The van der Waals surface area contributed by atoms with Crippen molar-refractivity contribution in [2.75, 3.05) is 0 Å². The fourth-order valence-corrected chi connectivity index (χ4v) is 4.11. The monoisotopic (exact) mass is 321 g/mol. The summed E-state index contributed by atoms with van der Waals surface area (Å²) in [6.07, 6.45) is 8.98. The number of ether oxygens (including phenoxy) is 1. The van der Waals surface area contributed by atoms with Crippen LogP contribution in [0, 0.1) is 0 Å². The molecule has 1 atom stereocenters. The molecule has 114 valence electrons. The van der Waals surface area contributed by atoms with Crippen LogP contribution in [0.1, 0.15) is 6.42 Å². The average molecular weight is 321 g/mol. The first kappa shape index (κ1) is 14.2. The number of hydrogen-bond donors (Lipinski definition) is 4. The van der Waals surface area contributed by atoms with Crippen LogP contribution < -0.4 is 5.32 Å². The largest absolute Gasteiger partial charge is 0.474 e. The van der Waals surface area contributed by atoms with E-state index in [-0.39, 0.29) is 5.03 Å². The Kier molecular flexibility index (Phi) is 3.38. The minimum absolute atomic E-state index is 0.0862. The number of aliphatic carboxylic acids is 1. The molecule has 3 aliphatic rings. The van der Waals surface area contributed by atoms with Crippen LogP contribution in [0.25, 0.3) is 0 Å². The van der Waals surface area contributed by atoms with E-state index in [9.17, 15) is 19.5 Å². The fraction of sp³-hybridized carbons (Fsp3) is 0.0714. The van der Waals surface area contributed by atoms with Crippen LogP contribution in [0.15, 0.2) is 57.4 Å². The number of allylic oxidation sites excluding steroid dienone is 6. The van der Waals surface area contributed by atoms with Crippen LogP contribution in [0.3, 0.4) is 0 Å². The number of carbonyl (C=O) groups excluding carboxylic acids is 1. The van der Waals surface area contributed by atoms with E-state index in [1.165, 1.54) is 12.3 Å². The Hall–Kier alpha value is -2.74. The van der Waals surface area contributed by atoms with Crippen molar-refractivity contribution >= 4 is 28.1 Å². The molecule has 0 radical (unpaired) electrons. The molecule has 0 saturated heterocycles. The zero-order valence-electron chi connectivity index (χ0n) is 11.1. The minimum atomic E-state index is -1.91. The van der Waals surface area contributed by atoms with Gasteiger partial charge in [-0.1, -0.05) is 23.0 Å². The maximum atomic E-state index is 11.5. The van der Waals surface area contributed by atoms with Gasteiger partial charge in [0.05, 0.1) is 5.03 Å². The Morgan fingerprint density at radius 2 is 2.05 bits per heavy atom. The van der Waals surface area contributed by atoms with E-state index >= 15 is 0 Å². The van der Waals surface area contributed by atoms with E-state index in [1.54, 1.807) is 6.08 Å². The highest BCUT2D eigenvalue weighted by Gasteiger charge is 2.36. The topological polar surface area (TPSA) is 113 Å². The Bertz CT molecular complexity index is 755. The lowest BCUT2D eigenvalue weighted by atomic mass is 9.98. The molecule has 1 aliphatic carbocycles. The molecule has 1 unspecified atom stereocenters. The third-order valence-corrected chi connectivity index (χ3v) is 5.23. The predicted molar refractivity (Wildman–Crippen MR) is 78.9 cm³/mol. The van der Waals surface area contributed by atoms with Gasteiger partial charge >= 0.3 is 17.2 Å². The van der Waals surface area contributed by atoms with E-state index in [4.69, 9.17) is 9.84 Å². The summed E-state index contributed by atoms with van der Waals surface area (Å²) in [4.78, 5) is 34.0. The SMILES string of the molecule is O=C(O)C(=O)NC1=CC2=C3CC=CC=C3OC=C2[SH]1C(=O)O. The van der Waals surface area contributed by atoms with Gasteiger partial charge in [0.2, 0.25) is 0 Å². The number of thiol groups is 1. The van der Waals surface area contributed by atoms with Gasteiger partial charge in [-0.15, -0.1) is 0 Å². The summed E-state index contributed by atoms with van der Waals surface area (Å²) in [6.45, 7) is 0. The van der Waals surface area contributed by atoms with Gasteiger partial charge in [-0.2, -0.15) is 0 Å². The molecule has 2 aliphatic heterocycles. The van der Waals surface area contributed by atoms with Crippen molar-refractivity contribution in [3.63, 3.8) is 0 Å². The second kappa shape index (κ2) is 5.23. The first-order valence-corrected chi connectivity index (χ1v) is 7.60. The first-order chi connectivity index (χ1) is 10.5. The Morgan fingerprint density at radius 1 is 1.27 bits per heavy atom. The summed E-state index contributed by atoms with van der Waals surface area (Å²) in [5.41, 5.74) is 1.50. The molecule has 1 amide bonds. The van der Waals surface area contributed by atoms with Crippen molar-refractivity contribution in [3.8, 4) is 0 Å². The molecule has 0 aromatic carbocycles. The molecule has 7 nitrogen and oxygen atoms in total. The summed E-state index contributed by atoms with van der Waals surface area (Å²) < 4.78 is 5.46. The van der Waals surface area contributed by atoms with Crippen molar-refractivity contribution in [1.29, 1.82) is 0 Å². The van der Waals surface area contributed by atoms with Crippen LogP contribution in [-0.2, 0) is 14.3 Å². The van der Waals surface area contributed by atoms with Gasteiger partial charge in [0.1, 0.15) is 12.0 Å². The molecular formula is C14H11NO6S. The second-order valence-electron chi connectivity index (χ2n) is 4.58. The second-order valence-corrected chi connectivity index (χ2v) is 6.60. The minimum Gasteiger partial charge on any atom is -0.474 e. The molecular weight excluding hydrogens is 310 g/mol. The van der Waals surface area contributed by atoms with Crippen molar-refractivity contribution in [1.82, 2.24) is 5.32 Å². The van der Waals surface area contributed by atoms with Gasteiger partial charge in [-0.25, -0.2) is 9.59 Å². The van der Waals surface area contributed by atoms with Crippen molar-refractivity contribution < 1.29 is 29.3 Å². The summed E-state index contributed by atoms with van der Waals surface area (Å²) in [5, 5.41) is 19.2. The van der Waals surface area contributed by atoms with Gasteiger partial charge in [0.15, 0.2) is 0 Å². The standard InChI is InChI=1S/C14H11NO6S/c16-12(13(17)18)15-11-5-8-7-3-1-2-4-9(7)21-6-10(8)22(11)14(19)20/h1-2,4-6,22H,3H2,(H,15,16)(H,17,18)(H,19,20). The maximum absolute atomic E-state index is 11.5. The molecule has 0 aromatic rings. The molecule has 0 bridgehead atoms. The number of carbonyl (C=O) groups is 3. The van der Waals surface area contributed by atoms with Crippen LogP contribution in [0.4, 0.5) is 4.79 Å². The quantitative estimate of drug-likeness (QED) is 0.432. The van der Waals surface area contributed by atoms with Crippen molar-refractivity contribution in [3.05, 3.63) is 57.4 Å². The number of carboxylic acids is 1. The third kappa shape index (κ3) is 2.23. The van der Waals surface area contributed by atoms with Crippen LogP contribution >= 0.6 is 10.9 Å². The van der Waals surface area contributed by atoms with Gasteiger partial charge in [0.25, 0.3) is 0 Å². The lowest BCUT2D eigenvalue weighted by Crippen LogP contribution is -2.30. The third-order valence-electron chi connectivity index (χ3n) is 3.29.